The maximum absolute atomic E-state index is 11.5. The highest BCUT2D eigenvalue weighted by molar-refractivity contribution is 5.67. The van der Waals surface area contributed by atoms with E-state index in [0.717, 1.165) is 25.7 Å². The van der Waals surface area contributed by atoms with E-state index in [0.29, 0.717) is 13.2 Å². The smallest absolute Gasteiger partial charge is 0.407 e. The van der Waals surface area contributed by atoms with E-state index in [2.05, 4.69) is 5.32 Å². The van der Waals surface area contributed by atoms with Crippen LogP contribution >= 0.6 is 0 Å². The van der Waals surface area contributed by atoms with E-state index in [1.807, 2.05) is 20.8 Å². The van der Waals surface area contributed by atoms with E-state index < -0.39 is 11.7 Å². The fourth-order valence-electron chi connectivity index (χ4n) is 2.40. The van der Waals surface area contributed by atoms with Gasteiger partial charge in [0.1, 0.15) is 11.7 Å². The zero-order valence-electron chi connectivity index (χ0n) is 11.5. The molecule has 0 aromatic carbocycles. The molecule has 1 aliphatic carbocycles. The summed E-state index contributed by atoms with van der Waals surface area (Å²) in [5, 5.41) is 2.72. The molecular weight excluding hydrogens is 234 g/mol. The minimum absolute atomic E-state index is 0.0596. The van der Waals surface area contributed by atoms with Gasteiger partial charge < -0.3 is 19.5 Å². The Bertz CT molecular complexity index is 305. The largest absolute Gasteiger partial charge is 0.444 e. The van der Waals surface area contributed by atoms with E-state index in [9.17, 15) is 4.79 Å². The van der Waals surface area contributed by atoms with Gasteiger partial charge in [-0.25, -0.2) is 4.79 Å². The monoisotopic (exact) mass is 257 g/mol. The Morgan fingerprint density at radius 3 is 2.67 bits per heavy atom. The van der Waals surface area contributed by atoms with Crippen LogP contribution in [0.1, 0.15) is 46.5 Å². The molecule has 0 aromatic heterocycles. The molecule has 1 N–H and O–H groups in total. The van der Waals surface area contributed by atoms with Gasteiger partial charge in [0.2, 0.25) is 0 Å². The highest BCUT2D eigenvalue weighted by atomic mass is 16.7. The van der Waals surface area contributed by atoms with Crippen LogP contribution in [0.3, 0.4) is 0 Å². The van der Waals surface area contributed by atoms with Gasteiger partial charge in [0, 0.05) is 19.4 Å². The van der Waals surface area contributed by atoms with E-state index in [4.69, 9.17) is 14.2 Å². The number of carbonyl (C=O) groups excluding carboxylic acids is 1. The molecular formula is C13H23NO4. The molecule has 1 saturated heterocycles. The van der Waals surface area contributed by atoms with Gasteiger partial charge in [-0.05, 0) is 33.6 Å². The number of ether oxygens (including phenoxy) is 3. The number of rotatable bonds is 2. The molecule has 1 heterocycles. The van der Waals surface area contributed by atoms with Crippen molar-refractivity contribution in [3.05, 3.63) is 0 Å². The summed E-state index contributed by atoms with van der Waals surface area (Å²) in [6.45, 7) is 6.52. The Hall–Kier alpha value is -0.810. The molecule has 5 heteroatoms. The molecule has 0 aromatic rings. The second-order valence-electron chi connectivity index (χ2n) is 6.05. The zero-order valence-corrected chi connectivity index (χ0v) is 11.5. The normalized spacial score (nSPS) is 26.5. The summed E-state index contributed by atoms with van der Waals surface area (Å²) in [4.78, 5) is 11.5. The zero-order chi connectivity index (χ0) is 13.2. The lowest BCUT2D eigenvalue weighted by Crippen LogP contribution is -2.38. The van der Waals surface area contributed by atoms with Gasteiger partial charge in [-0.3, -0.25) is 0 Å². The second kappa shape index (κ2) is 5.05. The fraction of sp³-hybridized carbons (Fsp3) is 0.923. The first-order valence-corrected chi connectivity index (χ1v) is 6.67. The quantitative estimate of drug-likeness (QED) is 0.824. The van der Waals surface area contributed by atoms with E-state index in [-0.39, 0.29) is 11.9 Å². The highest BCUT2D eigenvalue weighted by Gasteiger charge is 2.43. The summed E-state index contributed by atoms with van der Waals surface area (Å²) >= 11 is 0. The maximum atomic E-state index is 11.5. The van der Waals surface area contributed by atoms with Crippen molar-refractivity contribution >= 4 is 6.09 Å². The van der Waals surface area contributed by atoms with Crippen molar-refractivity contribution in [3.63, 3.8) is 0 Å². The third-order valence-corrected chi connectivity index (χ3v) is 3.15. The third-order valence-electron chi connectivity index (χ3n) is 3.15. The van der Waals surface area contributed by atoms with E-state index >= 15 is 0 Å². The first-order chi connectivity index (χ1) is 8.39. The molecule has 18 heavy (non-hydrogen) atoms. The Morgan fingerprint density at radius 1 is 1.39 bits per heavy atom. The van der Waals surface area contributed by atoms with Crippen molar-refractivity contribution in [1.82, 2.24) is 5.32 Å². The molecule has 5 nitrogen and oxygen atoms in total. The summed E-state index contributed by atoms with van der Waals surface area (Å²) in [5.74, 6) is -0.361. The van der Waals surface area contributed by atoms with Crippen LogP contribution in [-0.2, 0) is 14.2 Å². The fourth-order valence-corrected chi connectivity index (χ4v) is 2.40. The van der Waals surface area contributed by atoms with Gasteiger partial charge >= 0.3 is 6.09 Å². The van der Waals surface area contributed by atoms with Crippen molar-refractivity contribution in [2.45, 2.75) is 63.9 Å². The second-order valence-corrected chi connectivity index (χ2v) is 6.05. The first kappa shape index (κ1) is 13.6. The predicted molar refractivity (Wildman–Crippen MR) is 66.3 cm³/mol. The van der Waals surface area contributed by atoms with Crippen molar-refractivity contribution in [1.29, 1.82) is 0 Å². The lowest BCUT2D eigenvalue weighted by molar-refractivity contribution is -0.161. The molecule has 1 amide bonds. The van der Waals surface area contributed by atoms with Gasteiger partial charge in [0.15, 0.2) is 5.79 Å². The van der Waals surface area contributed by atoms with Gasteiger partial charge in [0.25, 0.3) is 0 Å². The van der Waals surface area contributed by atoms with Crippen LogP contribution < -0.4 is 5.32 Å². The van der Waals surface area contributed by atoms with Crippen LogP contribution in [0.5, 0.6) is 0 Å². The maximum Gasteiger partial charge on any atom is 0.407 e. The van der Waals surface area contributed by atoms with Crippen molar-refractivity contribution in [3.8, 4) is 0 Å². The van der Waals surface area contributed by atoms with Crippen LogP contribution in [0.2, 0.25) is 0 Å². The van der Waals surface area contributed by atoms with Crippen LogP contribution in [-0.4, -0.2) is 36.7 Å². The Kier molecular flexibility index (Phi) is 3.82. The number of hydrogen-bond donors (Lipinski definition) is 1. The molecule has 0 bridgehead atoms. The van der Waals surface area contributed by atoms with Gasteiger partial charge in [-0.1, -0.05) is 0 Å². The van der Waals surface area contributed by atoms with Crippen LogP contribution in [0, 0.1) is 0 Å². The number of alkyl carbamates (subject to hydrolysis) is 1. The molecule has 1 saturated carbocycles. The standard InChI is InChI=1S/C13H23NO4/c1-12(2,3)18-11(15)14-8-10-9-16-13(17-10)6-4-5-7-13/h10H,4-9H2,1-3H3,(H,14,15)/t10-/m0/s1. The lowest BCUT2D eigenvalue weighted by atomic mass is 10.2. The average molecular weight is 257 g/mol. The molecule has 1 spiro atoms. The van der Waals surface area contributed by atoms with E-state index in [1.165, 1.54) is 0 Å². The number of amides is 1. The number of carbonyl (C=O) groups is 1. The molecule has 1 aliphatic heterocycles. The number of hydrogen-bond acceptors (Lipinski definition) is 4. The van der Waals surface area contributed by atoms with Crippen molar-refractivity contribution < 1.29 is 19.0 Å². The molecule has 0 unspecified atom stereocenters. The molecule has 2 rings (SSSR count). The first-order valence-electron chi connectivity index (χ1n) is 6.67. The molecule has 104 valence electrons. The Morgan fingerprint density at radius 2 is 2.06 bits per heavy atom. The molecule has 2 aliphatic rings. The van der Waals surface area contributed by atoms with Gasteiger partial charge in [-0.2, -0.15) is 0 Å². The average Bonchev–Trinajstić information content (AvgIpc) is 2.85. The summed E-state index contributed by atoms with van der Waals surface area (Å²) in [7, 11) is 0. The van der Waals surface area contributed by atoms with Gasteiger partial charge in [-0.15, -0.1) is 0 Å². The predicted octanol–water partition coefficient (Wildman–Crippen LogP) is 2.20. The van der Waals surface area contributed by atoms with Crippen molar-refractivity contribution in [2.75, 3.05) is 13.2 Å². The minimum Gasteiger partial charge on any atom is -0.444 e. The summed E-state index contributed by atoms with van der Waals surface area (Å²) in [6, 6.07) is 0. The van der Waals surface area contributed by atoms with Crippen molar-refractivity contribution in [2.24, 2.45) is 0 Å². The number of nitrogens with one attached hydrogen (secondary N) is 1. The highest BCUT2D eigenvalue weighted by Crippen LogP contribution is 2.38. The summed E-state index contributed by atoms with van der Waals surface area (Å²) in [6.07, 6.45) is 3.79. The van der Waals surface area contributed by atoms with Crippen LogP contribution in [0.4, 0.5) is 4.79 Å². The SMILES string of the molecule is CC(C)(C)OC(=O)NC[C@H]1COC2(CCCC2)O1. The van der Waals surface area contributed by atoms with Crippen LogP contribution in [0.25, 0.3) is 0 Å². The topological polar surface area (TPSA) is 56.8 Å². The molecule has 1 atom stereocenters. The summed E-state index contributed by atoms with van der Waals surface area (Å²) in [5.41, 5.74) is -0.468. The summed E-state index contributed by atoms with van der Waals surface area (Å²) < 4.78 is 16.8. The molecule has 0 radical (unpaired) electrons. The molecule has 2 fully saturated rings. The third kappa shape index (κ3) is 3.59. The van der Waals surface area contributed by atoms with E-state index in [1.54, 1.807) is 0 Å². The Balaban J connectivity index is 1.70. The minimum atomic E-state index is -0.468. The van der Waals surface area contributed by atoms with Crippen LogP contribution in [0.15, 0.2) is 0 Å². The Labute approximate surface area is 108 Å². The van der Waals surface area contributed by atoms with Gasteiger partial charge in [0.05, 0.1) is 6.61 Å². The lowest BCUT2D eigenvalue weighted by Gasteiger charge is -2.23.